The summed E-state index contributed by atoms with van der Waals surface area (Å²) in [6.07, 6.45) is 1.74. The third-order valence-corrected chi connectivity index (χ3v) is 4.35. The highest BCUT2D eigenvalue weighted by atomic mass is 16.5. The van der Waals surface area contributed by atoms with Crippen LogP contribution in [0.2, 0.25) is 0 Å². The molecule has 1 aliphatic rings. The van der Waals surface area contributed by atoms with E-state index in [9.17, 15) is 4.79 Å². The molecule has 0 radical (unpaired) electrons. The molecule has 0 spiro atoms. The van der Waals surface area contributed by atoms with Gasteiger partial charge in [0.25, 0.3) is 0 Å². The van der Waals surface area contributed by atoms with Gasteiger partial charge in [0, 0.05) is 31.5 Å². The number of nitrogens with one attached hydrogen (secondary N) is 1. The predicted octanol–water partition coefficient (Wildman–Crippen LogP) is 2.18. The fourth-order valence-corrected chi connectivity index (χ4v) is 2.94. The first-order valence-electron chi connectivity index (χ1n) is 8.29. The van der Waals surface area contributed by atoms with Gasteiger partial charge in [-0.05, 0) is 19.3 Å². The van der Waals surface area contributed by atoms with Crippen molar-refractivity contribution in [1.82, 2.24) is 20.4 Å². The minimum Gasteiger partial charge on any atom is -0.342 e. The summed E-state index contributed by atoms with van der Waals surface area (Å²) in [4.78, 5) is 18.5. The van der Waals surface area contributed by atoms with Crippen molar-refractivity contribution < 1.29 is 9.32 Å². The van der Waals surface area contributed by atoms with Crippen molar-refractivity contribution >= 4 is 5.91 Å². The molecule has 0 aliphatic carbocycles. The highest BCUT2D eigenvalue weighted by molar-refractivity contribution is 5.78. The van der Waals surface area contributed by atoms with Gasteiger partial charge in [-0.3, -0.25) is 4.79 Å². The van der Waals surface area contributed by atoms with E-state index in [4.69, 9.17) is 4.52 Å². The van der Waals surface area contributed by atoms with E-state index in [2.05, 4.69) is 22.4 Å². The van der Waals surface area contributed by atoms with Crippen molar-refractivity contribution in [2.75, 3.05) is 13.1 Å². The van der Waals surface area contributed by atoms with Crippen molar-refractivity contribution in [3.05, 3.63) is 11.7 Å². The third kappa shape index (κ3) is 3.85. The summed E-state index contributed by atoms with van der Waals surface area (Å²) in [6.45, 7) is 11.8. The Hall–Kier alpha value is -1.43. The van der Waals surface area contributed by atoms with E-state index in [0.29, 0.717) is 17.9 Å². The number of carbonyl (C=O) groups is 1. The van der Waals surface area contributed by atoms with Crippen LogP contribution in [0.15, 0.2) is 4.52 Å². The molecule has 1 saturated heterocycles. The molecule has 0 unspecified atom stereocenters. The van der Waals surface area contributed by atoms with Gasteiger partial charge in [0.15, 0.2) is 5.82 Å². The first-order valence-corrected chi connectivity index (χ1v) is 8.29. The summed E-state index contributed by atoms with van der Waals surface area (Å²) in [5, 5.41) is 7.52. The number of nitrogens with zero attached hydrogens (tertiary/aromatic N) is 3. The van der Waals surface area contributed by atoms with Crippen molar-refractivity contribution in [3.8, 4) is 0 Å². The number of carbonyl (C=O) groups excluding carboxylic acids is 1. The van der Waals surface area contributed by atoms with Crippen molar-refractivity contribution in [2.45, 2.75) is 59.5 Å². The van der Waals surface area contributed by atoms with Crippen LogP contribution in [0.1, 0.15) is 58.8 Å². The summed E-state index contributed by atoms with van der Waals surface area (Å²) in [5.41, 5.74) is 0. The Morgan fingerprint density at radius 1 is 1.45 bits per heavy atom. The minimum atomic E-state index is 0.0348. The van der Waals surface area contributed by atoms with Crippen LogP contribution in [-0.4, -0.2) is 40.1 Å². The van der Waals surface area contributed by atoms with Crippen LogP contribution in [0.4, 0.5) is 0 Å². The van der Waals surface area contributed by atoms with Crippen molar-refractivity contribution in [3.63, 3.8) is 0 Å². The molecule has 0 aromatic carbocycles. The van der Waals surface area contributed by atoms with E-state index in [1.807, 2.05) is 32.6 Å². The molecule has 2 rings (SSSR count). The van der Waals surface area contributed by atoms with Crippen molar-refractivity contribution in [1.29, 1.82) is 0 Å². The number of aryl methyl sites for hydroxylation is 1. The third-order valence-electron chi connectivity index (χ3n) is 4.35. The molecule has 6 heteroatoms. The summed E-state index contributed by atoms with van der Waals surface area (Å²) < 4.78 is 5.30. The molecule has 1 fully saturated rings. The fraction of sp³-hybridized carbons (Fsp3) is 0.812. The summed E-state index contributed by atoms with van der Waals surface area (Å²) in [6, 6.07) is 0.399. The van der Waals surface area contributed by atoms with Crippen LogP contribution in [0.25, 0.3) is 0 Å². The Kier molecular flexibility index (Phi) is 5.56. The maximum atomic E-state index is 12.1. The molecule has 3 atom stereocenters. The van der Waals surface area contributed by atoms with Gasteiger partial charge >= 0.3 is 0 Å². The Balaban J connectivity index is 1.90. The number of amides is 1. The van der Waals surface area contributed by atoms with E-state index in [-0.39, 0.29) is 17.9 Å². The standard InChI is InChI=1S/C16H28N4O2/c1-6-14-18-15(22-19-14)12(5)17-13-7-8-20(9-11(13)4)16(21)10(2)3/h10-13,17H,6-9H2,1-5H3/t11-,12-,13+/m0/s1. The van der Waals surface area contributed by atoms with Crippen LogP contribution < -0.4 is 5.32 Å². The topological polar surface area (TPSA) is 71.3 Å². The van der Waals surface area contributed by atoms with Crippen LogP contribution >= 0.6 is 0 Å². The zero-order chi connectivity index (χ0) is 16.3. The molecule has 0 bridgehead atoms. The number of hydrogen-bond donors (Lipinski definition) is 1. The van der Waals surface area contributed by atoms with Gasteiger partial charge in [0.1, 0.15) is 0 Å². The molecule has 1 N–H and O–H groups in total. The van der Waals surface area contributed by atoms with E-state index in [0.717, 1.165) is 31.8 Å². The average molecular weight is 308 g/mol. The highest BCUT2D eigenvalue weighted by Crippen LogP contribution is 2.21. The van der Waals surface area contributed by atoms with Gasteiger partial charge in [-0.2, -0.15) is 4.98 Å². The van der Waals surface area contributed by atoms with Crippen LogP contribution in [0, 0.1) is 11.8 Å². The lowest BCUT2D eigenvalue weighted by atomic mass is 9.92. The first kappa shape index (κ1) is 16.9. The van der Waals surface area contributed by atoms with Gasteiger partial charge in [0.05, 0.1) is 6.04 Å². The smallest absolute Gasteiger partial charge is 0.243 e. The second-order valence-corrected chi connectivity index (χ2v) is 6.60. The predicted molar refractivity (Wildman–Crippen MR) is 84.2 cm³/mol. The lowest BCUT2D eigenvalue weighted by Gasteiger charge is -2.39. The van der Waals surface area contributed by atoms with Crippen LogP contribution in [0.3, 0.4) is 0 Å². The minimum absolute atomic E-state index is 0.0348. The SMILES string of the molecule is CCc1noc([C@H](C)N[C@@H]2CCN(C(=O)C(C)C)C[C@@H]2C)n1. The summed E-state index contributed by atoms with van der Waals surface area (Å²) >= 11 is 0. The Bertz CT molecular complexity index is 500. The monoisotopic (exact) mass is 308 g/mol. The van der Waals surface area contributed by atoms with Crippen molar-refractivity contribution in [2.24, 2.45) is 11.8 Å². The van der Waals surface area contributed by atoms with E-state index >= 15 is 0 Å². The van der Waals surface area contributed by atoms with Gasteiger partial charge < -0.3 is 14.7 Å². The molecule has 124 valence electrons. The Morgan fingerprint density at radius 2 is 2.18 bits per heavy atom. The first-order chi connectivity index (χ1) is 10.4. The van der Waals surface area contributed by atoms with Gasteiger partial charge in [0.2, 0.25) is 11.8 Å². The molecule has 1 aromatic heterocycles. The fourth-order valence-electron chi connectivity index (χ4n) is 2.94. The number of aromatic nitrogens is 2. The molecular weight excluding hydrogens is 280 g/mol. The van der Waals surface area contributed by atoms with E-state index < -0.39 is 0 Å². The zero-order valence-corrected chi connectivity index (χ0v) is 14.3. The second kappa shape index (κ2) is 7.22. The summed E-state index contributed by atoms with van der Waals surface area (Å²) in [5.74, 6) is 2.12. The van der Waals surface area contributed by atoms with Gasteiger partial charge in [-0.1, -0.05) is 32.9 Å². The number of hydrogen-bond acceptors (Lipinski definition) is 5. The van der Waals surface area contributed by atoms with Gasteiger partial charge in [-0.25, -0.2) is 0 Å². The molecule has 1 aromatic rings. The van der Waals surface area contributed by atoms with Gasteiger partial charge in [-0.15, -0.1) is 0 Å². The lowest BCUT2D eigenvalue weighted by Crippen LogP contribution is -2.51. The number of likely N-dealkylation sites (tertiary alicyclic amines) is 1. The average Bonchev–Trinajstić information content (AvgIpc) is 2.97. The normalized spacial score (nSPS) is 23.8. The van der Waals surface area contributed by atoms with E-state index in [1.54, 1.807) is 0 Å². The Morgan fingerprint density at radius 3 is 2.73 bits per heavy atom. The molecule has 1 aliphatic heterocycles. The zero-order valence-electron chi connectivity index (χ0n) is 14.3. The molecule has 2 heterocycles. The number of piperidine rings is 1. The van der Waals surface area contributed by atoms with Crippen LogP contribution in [-0.2, 0) is 11.2 Å². The maximum absolute atomic E-state index is 12.1. The lowest BCUT2D eigenvalue weighted by molar-refractivity contribution is -0.136. The quantitative estimate of drug-likeness (QED) is 0.902. The molecule has 22 heavy (non-hydrogen) atoms. The maximum Gasteiger partial charge on any atom is 0.243 e. The van der Waals surface area contributed by atoms with E-state index in [1.165, 1.54) is 0 Å². The largest absolute Gasteiger partial charge is 0.342 e. The Labute approximate surface area is 132 Å². The molecular formula is C16H28N4O2. The molecule has 6 nitrogen and oxygen atoms in total. The molecule has 0 saturated carbocycles. The number of rotatable bonds is 5. The summed E-state index contributed by atoms with van der Waals surface area (Å²) in [7, 11) is 0. The second-order valence-electron chi connectivity index (χ2n) is 6.60. The molecule has 1 amide bonds. The van der Waals surface area contributed by atoms with Crippen LogP contribution in [0.5, 0.6) is 0 Å². The highest BCUT2D eigenvalue weighted by Gasteiger charge is 2.31.